The molecule has 112 valence electrons. The van der Waals surface area contributed by atoms with Crippen LogP contribution < -0.4 is 15.2 Å². The molecule has 1 aromatic rings. The van der Waals surface area contributed by atoms with Crippen LogP contribution in [0, 0.1) is 0 Å². The summed E-state index contributed by atoms with van der Waals surface area (Å²) in [5.41, 5.74) is 3.21. The van der Waals surface area contributed by atoms with Crippen molar-refractivity contribution in [2.75, 3.05) is 12.8 Å². The van der Waals surface area contributed by atoms with Gasteiger partial charge in [0.05, 0.1) is 7.11 Å². The van der Waals surface area contributed by atoms with Crippen LogP contribution in [-0.2, 0) is 10.0 Å². The van der Waals surface area contributed by atoms with Crippen LogP contribution in [0.4, 0.5) is 18.9 Å². The summed E-state index contributed by atoms with van der Waals surface area (Å²) in [6, 6.07) is 3.75. The number of ether oxygens (including phenoxy) is 1. The zero-order valence-corrected chi connectivity index (χ0v) is 11.3. The van der Waals surface area contributed by atoms with E-state index in [4.69, 9.17) is 10.5 Å². The summed E-state index contributed by atoms with van der Waals surface area (Å²) in [4.78, 5) is -0.407. The van der Waals surface area contributed by atoms with Crippen LogP contribution in [0.25, 0.3) is 0 Å². The number of hydrogen-bond donors (Lipinski definition) is 2. The summed E-state index contributed by atoms with van der Waals surface area (Å²) in [6.07, 6.45) is -5.19. The number of alkyl halides is 3. The lowest BCUT2D eigenvalue weighted by atomic mass is 10.3. The van der Waals surface area contributed by atoms with E-state index >= 15 is 0 Å². The van der Waals surface area contributed by atoms with Crippen molar-refractivity contribution in [2.24, 2.45) is 0 Å². The molecule has 1 saturated carbocycles. The number of sulfonamides is 1. The Kier molecular flexibility index (Phi) is 3.37. The number of rotatable bonds is 4. The molecule has 0 aromatic heterocycles. The molecule has 1 aliphatic rings. The normalized spacial score (nSPS) is 17.8. The summed E-state index contributed by atoms with van der Waals surface area (Å²) in [7, 11) is -3.16. The molecule has 0 aliphatic heterocycles. The molecule has 0 spiro atoms. The van der Waals surface area contributed by atoms with Gasteiger partial charge in [-0.1, -0.05) is 0 Å². The topological polar surface area (TPSA) is 81.4 Å². The van der Waals surface area contributed by atoms with Crippen molar-refractivity contribution in [3.05, 3.63) is 18.2 Å². The Morgan fingerprint density at radius 1 is 1.35 bits per heavy atom. The summed E-state index contributed by atoms with van der Waals surface area (Å²) in [5, 5.41) is 0. The number of nitrogens with one attached hydrogen (secondary N) is 1. The highest BCUT2D eigenvalue weighted by Gasteiger charge is 2.65. The zero-order valence-electron chi connectivity index (χ0n) is 10.5. The third-order valence-corrected chi connectivity index (χ3v) is 4.66. The van der Waals surface area contributed by atoms with E-state index in [1.54, 1.807) is 4.72 Å². The van der Waals surface area contributed by atoms with E-state index in [2.05, 4.69) is 0 Å². The van der Waals surface area contributed by atoms with E-state index in [1.807, 2.05) is 0 Å². The fourth-order valence-electron chi connectivity index (χ4n) is 1.78. The second-order valence-electron chi connectivity index (χ2n) is 4.60. The number of nitrogen functional groups attached to an aromatic ring is 1. The highest BCUT2D eigenvalue weighted by molar-refractivity contribution is 7.89. The first-order valence-electron chi connectivity index (χ1n) is 5.65. The maximum atomic E-state index is 12.8. The minimum absolute atomic E-state index is 0.0651. The molecular weight excluding hydrogens is 297 g/mol. The van der Waals surface area contributed by atoms with Crippen LogP contribution >= 0.6 is 0 Å². The maximum Gasteiger partial charge on any atom is 0.407 e. The second-order valence-corrected chi connectivity index (χ2v) is 6.25. The Labute approximate surface area is 114 Å². The van der Waals surface area contributed by atoms with E-state index in [1.165, 1.54) is 19.2 Å². The molecule has 0 heterocycles. The number of methoxy groups -OCH3 is 1. The molecule has 0 saturated heterocycles. The molecule has 20 heavy (non-hydrogen) atoms. The van der Waals surface area contributed by atoms with Crippen LogP contribution in [0.3, 0.4) is 0 Å². The Hall–Kier alpha value is -1.48. The van der Waals surface area contributed by atoms with Gasteiger partial charge in [-0.3, -0.25) is 0 Å². The molecule has 0 amide bonds. The molecule has 5 nitrogen and oxygen atoms in total. The van der Waals surface area contributed by atoms with Gasteiger partial charge in [0.2, 0.25) is 10.0 Å². The van der Waals surface area contributed by atoms with Crippen molar-refractivity contribution in [3.63, 3.8) is 0 Å². The van der Waals surface area contributed by atoms with E-state index < -0.39 is 26.6 Å². The van der Waals surface area contributed by atoms with Gasteiger partial charge in [0.25, 0.3) is 0 Å². The predicted molar refractivity (Wildman–Crippen MR) is 65.7 cm³/mol. The van der Waals surface area contributed by atoms with E-state index in [9.17, 15) is 21.6 Å². The molecule has 2 rings (SSSR count). The van der Waals surface area contributed by atoms with Gasteiger partial charge in [-0.25, -0.2) is 8.42 Å². The monoisotopic (exact) mass is 310 g/mol. The van der Waals surface area contributed by atoms with Gasteiger partial charge in [0.15, 0.2) is 0 Å². The Bertz CT molecular complexity index is 624. The second kappa shape index (κ2) is 4.52. The summed E-state index contributed by atoms with van der Waals surface area (Å²) in [5.74, 6) is -0.0651. The third-order valence-electron chi connectivity index (χ3n) is 3.10. The molecule has 1 aliphatic carbocycles. The lowest BCUT2D eigenvalue weighted by Crippen LogP contribution is -2.47. The highest BCUT2D eigenvalue weighted by Crippen LogP contribution is 2.50. The van der Waals surface area contributed by atoms with Gasteiger partial charge in [0, 0.05) is 5.69 Å². The number of nitrogens with two attached hydrogens (primary N) is 1. The van der Waals surface area contributed by atoms with Crippen molar-refractivity contribution in [2.45, 2.75) is 29.5 Å². The molecule has 1 aromatic carbocycles. The summed E-state index contributed by atoms with van der Waals surface area (Å²) >= 11 is 0. The SMILES string of the molecule is COc1ccc(N)cc1S(=O)(=O)NC1(C(F)(F)F)CC1. The van der Waals surface area contributed by atoms with Crippen molar-refractivity contribution in [1.82, 2.24) is 4.72 Å². The van der Waals surface area contributed by atoms with Crippen molar-refractivity contribution >= 4 is 15.7 Å². The molecule has 1 fully saturated rings. The van der Waals surface area contributed by atoms with E-state index in [0.717, 1.165) is 6.07 Å². The van der Waals surface area contributed by atoms with Gasteiger partial charge in [-0.15, -0.1) is 0 Å². The van der Waals surface area contributed by atoms with Crippen molar-refractivity contribution in [3.8, 4) is 5.75 Å². The van der Waals surface area contributed by atoms with Gasteiger partial charge in [0.1, 0.15) is 16.2 Å². The Morgan fingerprint density at radius 2 is 1.95 bits per heavy atom. The van der Waals surface area contributed by atoms with E-state index in [-0.39, 0.29) is 24.3 Å². The summed E-state index contributed by atoms with van der Waals surface area (Å²) in [6.45, 7) is 0. The average molecular weight is 310 g/mol. The number of anilines is 1. The van der Waals surface area contributed by atoms with Crippen LogP contribution in [0.15, 0.2) is 23.1 Å². The van der Waals surface area contributed by atoms with E-state index in [0.29, 0.717) is 0 Å². The molecule has 0 radical (unpaired) electrons. The lowest BCUT2D eigenvalue weighted by Gasteiger charge is -2.21. The Balaban J connectivity index is 2.40. The molecule has 0 unspecified atom stereocenters. The number of halogens is 3. The minimum Gasteiger partial charge on any atom is -0.495 e. The van der Waals surface area contributed by atoms with Crippen LogP contribution in [-0.4, -0.2) is 27.2 Å². The fourth-order valence-corrected chi connectivity index (χ4v) is 3.44. The van der Waals surface area contributed by atoms with Gasteiger partial charge >= 0.3 is 6.18 Å². The standard InChI is InChI=1S/C11H13F3N2O3S/c1-19-8-3-2-7(15)6-9(8)20(17,18)16-10(4-5-10)11(12,13)14/h2-3,6,16H,4-5,15H2,1H3. The smallest absolute Gasteiger partial charge is 0.407 e. The quantitative estimate of drug-likeness (QED) is 0.829. The molecule has 9 heteroatoms. The van der Waals surface area contributed by atoms with Gasteiger partial charge in [-0.05, 0) is 31.0 Å². The first kappa shape index (κ1) is 14.9. The first-order valence-corrected chi connectivity index (χ1v) is 7.14. The molecular formula is C11H13F3N2O3S. The summed E-state index contributed by atoms with van der Waals surface area (Å²) < 4.78 is 69.3. The molecule has 3 N–H and O–H groups in total. The molecule has 0 atom stereocenters. The van der Waals surface area contributed by atoms with Gasteiger partial charge in [-0.2, -0.15) is 17.9 Å². The number of benzene rings is 1. The zero-order chi connectivity index (χ0) is 15.2. The van der Waals surface area contributed by atoms with Crippen LogP contribution in [0.5, 0.6) is 5.75 Å². The Morgan fingerprint density at radius 3 is 2.40 bits per heavy atom. The van der Waals surface area contributed by atoms with Crippen molar-refractivity contribution in [1.29, 1.82) is 0 Å². The fraction of sp³-hybridized carbons (Fsp3) is 0.455. The minimum atomic E-state index is -4.63. The van der Waals surface area contributed by atoms with Crippen molar-refractivity contribution < 1.29 is 26.3 Å². The predicted octanol–water partition coefficient (Wildman–Crippen LogP) is 1.65. The van der Waals surface area contributed by atoms with Crippen LogP contribution in [0.1, 0.15) is 12.8 Å². The van der Waals surface area contributed by atoms with Gasteiger partial charge < -0.3 is 10.5 Å². The first-order chi connectivity index (χ1) is 9.11. The van der Waals surface area contributed by atoms with Crippen LogP contribution in [0.2, 0.25) is 0 Å². The number of hydrogen-bond acceptors (Lipinski definition) is 4. The highest BCUT2D eigenvalue weighted by atomic mass is 32.2. The maximum absolute atomic E-state index is 12.8. The lowest BCUT2D eigenvalue weighted by molar-refractivity contribution is -0.160. The largest absolute Gasteiger partial charge is 0.495 e. The molecule has 0 bridgehead atoms. The third kappa shape index (κ3) is 2.55. The average Bonchev–Trinajstić information content (AvgIpc) is 3.08.